The van der Waals surface area contributed by atoms with E-state index in [-0.39, 0.29) is 22.8 Å². The van der Waals surface area contributed by atoms with Crippen LogP contribution in [0.4, 0.5) is 5.69 Å². The number of halogens is 1. The highest BCUT2D eigenvalue weighted by Gasteiger charge is 2.17. The van der Waals surface area contributed by atoms with Gasteiger partial charge in [-0.1, -0.05) is 23.7 Å². The van der Waals surface area contributed by atoms with Gasteiger partial charge in [-0.15, -0.1) is 0 Å². The fourth-order valence-electron chi connectivity index (χ4n) is 1.60. The first-order valence-corrected chi connectivity index (χ1v) is 5.67. The van der Waals surface area contributed by atoms with Crippen molar-refractivity contribution >= 4 is 23.1 Å². The number of carbonyl (C=O) groups excluding carboxylic acids is 1. The minimum Gasteiger partial charge on any atom is -0.507 e. The van der Waals surface area contributed by atoms with Gasteiger partial charge in [0, 0.05) is 13.2 Å². The summed E-state index contributed by atoms with van der Waals surface area (Å²) >= 11 is 5.81. The Balaban J connectivity index is 2.50. The van der Waals surface area contributed by atoms with Crippen LogP contribution in [-0.2, 0) is 0 Å². The number of hydrogen-bond acceptors (Lipinski definition) is 4. The molecular weight excluding hydrogens is 252 g/mol. The van der Waals surface area contributed by atoms with Crippen LogP contribution >= 0.6 is 11.6 Å². The van der Waals surface area contributed by atoms with Gasteiger partial charge in [0.25, 0.3) is 0 Å². The predicted molar refractivity (Wildman–Crippen MR) is 70.3 cm³/mol. The van der Waals surface area contributed by atoms with Crippen LogP contribution in [-0.4, -0.2) is 22.9 Å². The number of hydrogen-bond donors (Lipinski definition) is 2. The Morgan fingerprint density at radius 3 is 2.78 bits per heavy atom. The highest BCUT2D eigenvalue weighted by Crippen LogP contribution is 2.24. The summed E-state index contributed by atoms with van der Waals surface area (Å²) in [4.78, 5) is 16.3. The van der Waals surface area contributed by atoms with E-state index in [2.05, 4.69) is 10.3 Å². The van der Waals surface area contributed by atoms with E-state index in [1.807, 2.05) is 0 Å². The molecule has 1 aromatic carbocycles. The summed E-state index contributed by atoms with van der Waals surface area (Å²) in [6, 6.07) is 7.96. The quantitative estimate of drug-likeness (QED) is 0.835. The molecule has 0 saturated carbocycles. The Bertz CT molecular complexity index is 599. The van der Waals surface area contributed by atoms with Gasteiger partial charge in [0.1, 0.15) is 11.4 Å². The highest BCUT2D eigenvalue weighted by molar-refractivity contribution is 6.31. The summed E-state index contributed by atoms with van der Waals surface area (Å²) in [5.74, 6) is -0.421. The van der Waals surface area contributed by atoms with Crippen molar-refractivity contribution in [1.29, 1.82) is 0 Å². The van der Waals surface area contributed by atoms with Gasteiger partial charge in [0.2, 0.25) is 5.78 Å². The maximum Gasteiger partial charge on any atom is 0.217 e. The van der Waals surface area contributed by atoms with Crippen molar-refractivity contribution in [3.05, 3.63) is 52.8 Å². The number of aromatic hydroxyl groups is 1. The van der Waals surface area contributed by atoms with Gasteiger partial charge in [0.15, 0.2) is 0 Å². The molecule has 1 aromatic heterocycles. The van der Waals surface area contributed by atoms with Crippen LogP contribution in [0.2, 0.25) is 5.02 Å². The average molecular weight is 263 g/mol. The van der Waals surface area contributed by atoms with Crippen molar-refractivity contribution in [2.24, 2.45) is 0 Å². The molecule has 2 rings (SSSR count). The Morgan fingerprint density at radius 1 is 1.39 bits per heavy atom. The van der Waals surface area contributed by atoms with Gasteiger partial charge in [-0.3, -0.25) is 4.79 Å². The van der Waals surface area contributed by atoms with Crippen molar-refractivity contribution in [2.45, 2.75) is 0 Å². The third-order valence-electron chi connectivity index (χ3n) is 2.49. The van der Waals surface area contributed by atoms with Crippen LogP contribution in [0, 0.1) is 0 Å². The molecule has 5 heteroatoms. The number of nitrogens with zero attached hydrogens (tertiary/aromatic N) is 1. The van der Waals surface area contributed by atoms with Crippen molar-refractivity contribution in [1.82, 2.24) is 4.98 Å². The van der Waals surface area contributed by atoms with Gasteiger partial charge in [0.05, 0.1) is 16.3 Å². The summed E-state index contributed by atoms with van der Waals surface area (Å²) in [5.41, 5.74) is 0.961. The first kappa shape index (κ1) is 12.4. The summed E-state index contributed by atoms with van der Waals surface area (Å²) in [7, 11) is 1.68. The van der Waals surface area contributed by atoms with Gasteiger partial charge >= 0.3 is 0 Å². The van der Waals surface area contributed by atoms with E-state index in [4.69, 9.17) is 11.6 Å². The minimum atomic E-state index is -0.353. The van der Waals surface area contributed by atoms with E-state index in [1.54, 1.807) is 31.3 Å². The molecule has 0 aliphatic carbocycles. The summed E-state index contributed by atoms with van der Waals surface area (Å²) in [5, 5.41) is 13.0. The third kappa shape index (κ3) is 2.28. The van der Waals surface area contributed by atoms with Crippen molar-refractivity contribution in [3.63, 3.8) is 0 Å². The maximum atomic E-state index is 12.3. The molecule has 2 aromatic rings. The number of carbonyl (C=O) groups is 1. The van der Waals surface area contributed by atoms with Crippen LogP contribution in [0.5, 0.6) is 5.75 Å². The number of phenolic OH excluding ortho intramolecular Hbond substituents is 1. The topological polar surface area (TPSA) is 62.2 Å². The number of anilines is 1. The van der Waals surface area contributed by atoms with Gasteiger partial charge < -0.3 is 10.4 Å². The molecule has 0 aliphatic heterocycles. The number of benzene rings is 1. The zero-order chi connectivity index (χ0) is 13.1. The molecule has 0 radical (unpaired) electrons. The molecule has 0 spiro atoms. The Hall–Kier alpha value is -2.07. The van der Waals surface area contributed by atoms with Gasteiger partial charge in [-0.2, -0.15) is 0 Å². The van der Waals surface area contributed by atoms with Crippen LogP contribution in [0.15, 0.2) is 36.5 Å². The molecule has 0 saturated heterocycles. The number of ketones is 1. The number of para-hydroxylation sites is 1. The lowest BCUT2D eigenvalue weighted by Gasteiger charge is -2.08. The monoisotopic (exact) mass is 262 g/mol. The zero-order valence-corrected chi connectivity index (χ0v) is 10.4. The first-order chi connectivity index (χ1) is 8.63. The molecule has 18 heavy (non-hydrogen) atoms. The maximum absolute atomic E-state index is 12.3. The lowest BCUT2D eigenvalue weighted by atomic mass is 10.1. The largest absolute Gasteiger partial charge is 0.507 e. The number of rotatable bonds is 3. The standard InChI is InChI=1S/C13H11ClN2O2/c1-15-10-6-8(14)7-16-12(10)13(18)9-4-2-3-5-11(9)17/h2-7,15,17H,1H3. The summed E-state index contributed by atoms with van der Waals surface area (Å²) in [6.45, 7) is 0. The molecular formula is C13H11ClN2O2. The molecule has 0 aliphatic rings. The molecule has 2 N–H and O–H groups in total. The number of phenols is 1. The van der Waals surface area contributed by atoms with E-state index in [0.717, 1.165) is 0 Å². The Labute approximate surface area is 109 Å². The highest BCUT2D eigenvalue weighted by atomic mass is 35.5. The van der Waals surface area contributed by atoms with E-state index in [1.165, 1.54) is 12.3 Å². The molecule has 0 fully saturated rings. The van der Waals surface area contributed by atoms with Crippen LogP contribution < -0.4 is 5.32 Å². The minimum absolute atomic E-state index is 0.0682. The smallest absolute Gasteiger partial charge is 0.217 e. The Morgan fingerprint density at radius 2 is 2.11 bits per heavy atom. The summed E-state index contributed by atoms with van der Waals surface area (Å²) < 4.78 is 0. The van der Waals surface area contributed by atoms with E-state index >= 15 is 0 Å². The van der Waals surface area contributed by atoms with E-state index < -0.39 is 0 Å². The van der Waals surface area contributed by atoms with Crippen LogP contribution in [0.1, 0.15) is 16.1 Å². The fraction of sp³-hybridized carbons (Fsp3) is 0.0769. The van der Waals surface area contributed by atoms with Gasteiger partial charge in [-0.25, -0.2) is 4.98 Å². The second kappa shape index (κ2) is 5.06. The van der Waals surface area contributed by atoms with Crippen molar-refractivity contribution in [3.8, 4) is 5.75 Å². The lowest BCUT2D eigenvalue weighted by molar-refractivity contribution is 0.103. The van der Waals surface area contributed by atoms with Crippen LogP contribution in [0.25, 0.3) is 0 Å². The summed E-state index contributed by atoms with van der Waals surface area (Å²) in [6.07, 6.45) is 1.40. The fourth-order valence-corrected chi connectivity index (χ4v) is 1.76. The molecule has 0 amide bonds. The predicted octanol–water partition coefficient (Wildman–Crippen LogP) is 2.71. The third-order valence-corrected chi connectivity index (χ3v) is 2.69. The second-order valence-electron chi connectivity index (χ2n) is 3.65. The average Bonchev–Trinajstić information content (AvgIpc) is 2.38. The number of pyridine rings is 1. The molecule has 0 unspecified atom stereocenters. The van der Waals surface area contributed by atoms with E-state index in [9.17, 15) is 9.90 Å². The second-order valence-corrected chi connectivity index (χ2v) is 4.08. The molecule has 92 valence electrons. The molecule has 0 atom stereocenters. The van der Waals surface area contributed by atoms with Crippen LogP contribution in [0.3, 0.4) is 0 Å². The molecule has 4 nitrogen and oxygen atoms in total. The van der Waals surface area contributed by atoms with Crippen molar-refractivity contribution < 1.29 is 9.90 Å². The zero-order valence-electron chi connectivity index (χ0n) is 9.64. The van der Waals surface area contributed by atoms with Crippen molar-refractivity contribution in [2.75, 3.05) is 12.4 Å². The number of nitrogens with one attached hydrogen (secondary N) is 1. The lowest BCUT2D eigenvalue weighted by Crippen LogP contribution is -2.08. The number of aromatic nitrogens is 1. The first-order valence-electron chi connectivity index (χ1n) is 5.29. The molecule has 0 bridgehead atoms. The SMILES string of the molecule is CNc1cc(Cl)cnc1C(=O)c1ccccc1O. The van der Waals surface area contributed by atoms with Gasteiger partial charge in [-0.05, 0) is 18.2 Å². The molecule has 1 heterocycles. The normalized spacial score (nSPS) is 10.1. The Kier molecular flexibility index (Phi) is 3.48. The van der Waals surface area contributed by atoms with E-state index in [0.29, 0.717) is 10.7 Å².